The number of benzene rings is 2. The van der Waals surface area contributed by atoms with Crippen LogP contribution in [0.1, 0.15) is 42.4 Å². The maximum atomic E-state index is 16.0. The van der Waals surface area contributed by atoms with E-state index in [1.807, 2.05) is 36.1 Å². The first-order valence-electron chi connectivity index (χ1n) is 11.6. The highest BCUT2D eigenvalue weighted by Crippen LogP contribution is 2.42. The van der Waals surface area contributed by atoms with E-state index in [1.54, 1.807) is 12.1 Å². The fourth-order valence-electron chi connectivity index (χ4n) is 4.98. The van der Waals surface area contributed by atoms with Crippen LogP contribution in [0.15, 0.2) is 48.5 Å². The number of amides is 1. The third-order valence-electron chi connectivity index (χ3n) is 6.66. The smallest absolute Gasteiger partial charge is 0.222 e. The Morgan fingerprint density at radius 1 is 1.21 bits per heavy atom. The molecule has 3 aromatic rings. The Kier molecular flexibility index (Phi) is 6.13. The van der Waals surface area contributed by atoms with Crippen molar-refractivity contribution in [2.75, 3.05) is 31.1 Å². The van der Waals surface area contributed by atoms with Crippen molar-refractivity contribution in [1.29, 1.82) is 0 Å². The van der Waals surface area contributed by atoms with Gasteiger partial charge < -0.3 is 14.9 Å². The summed E-state index contributed by atoms with van der Waals surface area (Å²) in [5, 5.41) is 11.1. The number of aromatic nitrogens is 2. The van der Waals surface area contributed by atoms with Crippen LogP contribution in [0, 0.1) is 5.82 Å². The maximum absolute atomic E-state index is 16.0. The zero-order valence-electron chi connectivity index (χ0n) is 19.0. The van der Waals surface area contributed by atoms with Gasteiger partial charge in [-0.25, -0.2) is 14.4 Å². The number of allylic oxidation sites excluding steroid dienone is 2. The molecule has 0 saturated carbocycles. The number of hydrogen-bond acceptors (Lipinski definition) is 5. The Balaban J connectivity index is 1.52. The Morgan fingerprint density at radius 3 is 2.74 bits per heavy atom. The zero-order valence-corrected chi connectivity index (χ0v) is 19.7. The van der Waals surface area contributed by atoms with Gasteiger partial charge in [0.05, 0.1) is 5.76 Å². The predicted molar refractivity (Wildman–Crippen MR) is 131 cm³/mol. The van der Waals surface area contributed by atoms with Gasteiger partial charge in [-0.15, -0.1) is 0 Å². The van der Waals surface area contributed by atoms with Crippen molar-refractivity contribution in [1.82, 2.24) is 14.9 Å². The summed E-state index contributed by atoms with van der Waals surface area (Å²) in [5.41, 5.74) is 2.36. The van der Waals surface area contributed by atoms with Crippen molar-refractivity contribution in [3.63, 3.8) is 0 Å². The first-order chi connectivity index (χ1) is 16.5. The fourth-order valence-corrected chi connectivity index (χ4v) is 5.29. The van der Waals surface area contributed by atoms with E-state index < -0.39 is 11.7 Å². The lowest BCUT2D eigenvalue weighted by Crippen LogP contribution is -2.49. The van der Waals surface area contributed by atoms with Crippen molar-refractivity contribution in [3.05, 3.63) is 76.0 Å². The van der Waals surface area contributed by atoms with Crippen LogP contribution in [0.5, 0.6) is 0 Å². The Hall–Kier alpha value is -3.19. The quantitative estimate of drug-likeness (QED) is 0.569. The molecule has 1 aromatic heterocycles. The van der Waals surface area contributed by atoms with Crippen LogP contribution in [-0.4, -0.2) is 52.1 Å². The molecule has 2 heterocycles. The summed E-state index contributed by atoms with van der Waals surface area (Å²) < 4.78 is 16.0. The molecular weight excluding hydrogens is 455 g/mol. The first kappa shape index (κ1) is 22.6. The minimum absolute atomic E-state index is 0.164. The summed E-state index contributed by atoms with van der Waals surface area (Å²) >= 11 is 6.69. The Bertz CT molecular complexity index is 1290. The second-order valence-corrected chi connectivity index (χ2v) is 9.22. The lowest BCUT2D eigenvalue weighted by atomic mass is 9.82. The number of carbonyl (C=O) groups excluding carboxylic acids is 1. The van der Waals surface area contributed by atoms with Gasteiger partial charge in [-0.1, -0.05) is 42.8 Å². The molecule has 1 saturated heterocycles. The Labute approximate surface area is 202 Å². The van der Waals surface area contributed by atoms with Crippen molar-refractivity contribution < 1.29 is 14.3 Å². The lowest BCUT2D eigenvalue weighted by Gasteiger charge is -2.36. The van der Waals surface area contributed by atoms with Crippen LogP contribution < -0.4 is 4.90 Å². The molecule has 5 rings (SSSR count). The maximum Gasteiger partial charge on any atom is 0.222 e. The standard InChI is InChI=1S/C26H26ClFN4O2/c1-2-5-22(34)31-8-10-32(11-9-31)26-20-14-21(27)23(24(28)25(20)29-15-30-26)19-13-17(33)12-16-6-3-4-7-18(16)19/h3-4,6-7,13-15,19,33H,2,5,8-12H2,1H3/t19-/m1/s1. The van der Waals surface area contributed by atoms with Gasteiger partial charge in [0.15, 0.2) is 5.82 Å². The van der Waals surface area contributed by atoms with E-state index >= 15 is 4.39 Å². The van der Waals surface area contributed by atoms with E-state index in [4.69, 9.17) is 11.6 Å². The van der Waals surface area contributed by atoms with E-state index in [9.17, 15) is 9.90 Å². The van der Waals surface area contributed by atoms with Crippen molar-refractivity contribution >= 4 is 34.2 Å². The summed E-state index contributed by atoms with van der Waals surface area (Å²) in [5.74, 6) is -0.0416. The number of aliphatic hydroxyl groups is 1. The molecule has 0 bridgehead atoms. The monoisotopic (exact) mass is 480 g/mol. The topological polar surface area (TPSA) is 69.6 Å². The second-order valence-electron chi connectivity index (χ2n) is 8.81. The third kappa shape index (κ3) is 3.98. The molecule has 1 atom stereocenters. The summed E-state index contributed by atoms with van der Waals surface area (Å²) in [6.45, 7) is 4.41. The largest absolute Gasteiger partial charge is 0.512 e. The van der Waals surface area contributed by atoms with E-state index in [1.165, 1.54) is 6.33 Å². The summed E-state index contributed by atoms with van der Waals surface area (Å²) in [4.78, 5) is 24.9. The van der Waals surface area contributed by atoms with Gasteiger partial charge in [-0.3, -0.25) is 4.79 Å². The van der Waals surface area contributed by atoms with Crippen molar-refractivity contribution in [3.8, 4) is 0 Å². The number of carbonyl (C=O) groups is 1. The molecule has 2 aromatic carbocycles. The lowest BCUT2D eigenvalue weighted by molar-refractivity contribution is -0.131. The molecule has 0 radical (unpaired) electrons. The van der Waals surface area contributed by atoms with Gasteiger partial charge >= 0.3 is 0 Å². The third-order valence-corrected chi connectivity index (χ3v) is 6.98. The summed E-state index contributed by atoms with van der Waals surface area (Å²) in [6, 6.07) is 9.40. The minimum atomic E-state index is -0.506. The molecular formula is C26H26ClFN4O2. The number of piperazine rings is 1. The highest BCUT2D eigenvalue weighted by atomic mass is 35.5. The van der Waals surface area contributed by atoms with Gasteiger partial charge in [0.2, 0.25) is 5.91 Å². The van der Waals surface area contributed by atoms with E-state index in [2.05, 4.69) is 14.9 Å². The van der Waals surface area contributed by atoms with Gasteiger partial charge in [0.1, 0.15) is 17.7 Å². The number of fused-ring (bicyclic) bond motifs is 2. The van der Waals surface area contributed by atoms with Crippen LogP contribution in [0.25, 0.3) is 10.9 Å². The molecule has 2 aliphatic rings. The number of rotatable bonds is 4. The number of hydrogen-bond donors (Lipinski definition) is 1. The molecule has 1 amide bonds. The molecule has 8 heteroatoms. The highest BCUT2D eigenvalue weighted by Gasteiger charge is 2.29. The number of halogens is 2. The first-order valence-corrected chi connectivity index (χ1v) is 12.0. The Morgan fingerprint density at radius 2 is 1.97 bits per heavy atom. The zero-order chi connectivity index (χ0) is 23.8. The van der Waals surface area contributed by atoms with E-state index in [-0.39, 0.29) is 22.2 Å². The SMILES string of the molecule is CCCC(=O)N1CCN(c2ncnc3c(F)c([C@@H]4C=C(O)Cc5ccccc54)c(Cl)cc23)CC1. The molecule has 1 fully saturated rings. The van der Waals surface area contributed by atoms with Gasteiger partial charge in [-0.2, -0.15) is 0 Å². The van der Waals surface area contributed by atoms with Crippen molar-refractivity contribution in [2.45, 2.75) is 32.1 Å². The van der Waals surface area contributed by atoms with Crippen LogP contribution in [0.2, 0.25) is 5.02 Å². The van der Waals surface area contributed by atoms with E-state index in [0.29, 0.717) is 55.8 Å². The molecule has 0 spiro atoms. The predicted octanol–water partition coefficient (Wildman–Crippen LogP) is 5.00. The summed E-state index contributed by atoms with van der Waals surface area (Å²) in [7, 11) is 0. The fraction of sp³-hybridized carbons (Fsp3) is 0.346. The van der Waals surface area contributed by atoms with Crippen molar-refractivity contribution in [2.24, 2.45) is 0 Å². The van der Waals surface area contributed by atoms with Gasteiger partial charge in [-0.05, 0) is 29.7 Å². The van der Waals surface area contributed by atoms with Crippen LogP contribution in [0.3, 0.4) is 0 Å². The molecule has 6 nitrogen and oxygen atoms in total. The molecule has 1 N–H and O–H groups in total. The molecule has 1 aliphatic carbocycles. The minimum Gasteiger partial charge on any atom is -0.512 e. The number of aliphatic hydroxyl groups excluding tert-OH is 1. The van der Waals surface area contributed by atoms with E-state index in [0.717, 1.165) is 17.5 Å². The highest BCUT2D eigenvalue weighted by molar-refractivity contribution is 6.32. The summed E-state index contributed by atoms with van der Waals surface area (Å²) in [6.07, 6.45) is 4.82. The average Bonchev–Trinajstić information content (AvgIpc) is 2.84. The molecule has 176 valence electrons. The van der Waals surface area contributed by atoms with Crippen LogP contribution in [-0.2, 0) is 11.2 Å². The van der Waals surface area contributed by atoms with Crippen LogP contribution in [0.4, 0.5) is 10.2 Å². The van der Waals surface area contributed by atoms with Gasteiger partial charge in [0.25, 0.3) is 0 Å². The molecule has 34 heavy (non-hydrogen) atoms. The second kappa shape index (κ2) is 9.22. The average molecular weight is 481 g/mol. The van der Waals surface area contributed by atoms with Gasteiger partial charge in [0, 0.05) is 60.9 Å². The number of nitrogens with zero attached hydrogens (tertiary/aromatic N) is 4. The molecule has 0 unspecified atom stereocenters. The molecule has 1 aliphatic heterocycles. The van der Waals surface area contributed by atoms with Crippen LogP contribution >= 0.6 is 11.6 Å². The normalized spacial score (nSPS) is 18.1. The number of anilines is 1.